The lowest BCUT2D eigenvalue weighted by Crippen LogP contribution is -2.38. The van der Waals surface area contributed by atoms with Crippen LogP contribution in [0.4, 0.5) is 5.69 Å². The van der Waals surface area contributed by atoms with Crippen molar-refractivity contribution in [2.45, 2.75) is 25.2 Å². The Hall–Kier alpha value is -1.35. The van der Waals surface area contributed by atoms with Gasteiger partial charge in [0.1, 0.15) is 0 Å². The maximum Gasteiger partial charge on any atom is 0.231 e. The number of carbonyl (C=O) groups is 1. The zero-order chi connectivity index (χ0) is 12.8. The van der Waals surface area contributed by atoms with Crippen LogP contribution in [0.15, 0.2) is 24.3 Å². The maximum absolute atomic E-state index is 12.5. The third kappa shape index (κ3) is 1.65. The number of hydrogen-bond donors (Lipinski definition) is 1. The minimum atomic E-state index is 0.0388. The van der Waals surface area contributed by atoms with Crippen molar-refractivity contribution in [1.82, 2.24) is 5.32 Å². The van der Waals surface area contributed by atoms with Crippen LogP contribution in [0.5, 0.6) is 0 Å². The molecule has 1 fully saturated rings. The number of amides is 1. The van der Waals surface area contributed by atoms with E-state index in [0.29, 0.717) is 5.41 Å². The molecule has 1 aromatic carbocycles. The molecule has 3 nitrogen and oxygen atoms in total. The minimum absolute atomic E-state index is 0.0388. The summed E-state index contributed by atoms with van der Waals surface area (Å²) in [6.07, 6.45) is 2.46. The van der Waals surface area contributed by atoms with E-state index in [1.807, 2.05) is 24.9 Å². The molecule has 1 saturated carbocycles. The van der Waals surface area contributed by atoms with Crippen molar-refractivity contribution >= 4 is 11.6 Å². The third-order valence-corrected chi connectivity index (χ3v) is 4.28. The molecular formula is C15H20N2O. The van der Waals surface area contributed by atoms with Gasteiger partial charge >= 0.3 is 0 Å². The molecule has 3 heteroatoms. The fourth-order valence-electron chi connectivity index (χ4n) is 3.06. The first-order valence-corrected chi connectivity index (χ1v) is 6.73. The SMILES string of the molecule is CNCC(C)C(=O)N1CC2(CC2)c2ccccc21. The van der Waals surface area contributed by atoms with Crippen molar-refractivity contribution in [3.63, 3.8) is 0 Å². The van der Waals surface area contributed by atoms with Gasteiger partial charge in [0.05, 0.1) is 0 Å². The van der Waals surface area contributed by atoms with E-state index in [1.54, 1.807) is 0 Å². The Balaban J connectivity index is 1.89. The summed E-state index contributed by atoms with van der Waals surface area (Å²) in [7, 11) is 1.89. The number of benzene rings is 1. The highest BCUT2D eigenvalue weighted by Crippen LogP contribution is 2.56. The average molecular weight is 244 g/mol. The second kappa shape index (κ2) is 4.09. The summed E-state index contributed by atoms with van der Waals surface area (Å²) >= 11 is 0. The standard InChI is InChI=1S/C15H20N2O/c1-11(9-16-2)14(18)17-10-15(7-8-15)12-5-3-4-6-13(12)17/h3-6,11,16H,7-10H2,1-2H3. The Kier molecular flexibility index (Phi) is 2.67. The number of nitrogens with one attached hydrogen (secondary N) is 1. The van der Waals surface area contributed by atoms with Crippen molar-refractivity contribution in [1.29, 1.82) is 0 Å². The molecule has 1 aromatic rings. The first-order chi connectivity index (χ1) is 8.68. The summed E-state index contributed by atoms with van der Waals surface area (Å²) in [6.45, 7) is 3.63. The van der Waals surface area contributed by atoms with Crippen LogP contribution in [0.2, 0.25) is 0 Å². The predicted octanol–water partition coefficient (Wildman–Crippen LogP) is 1.92. The van der Waals surface area contributed by atoms with E-state index in [2.05, 4.69) is 23.5 Å². The van der Waals surface area contributed by atoms with E-state index in [1.165, 1.54) is 18.4 Å². The number of nitrogens with zero attached hydrogens (tertiary/aromatic N) is 1. The highest BCUT2D eigenvalue weighted by atomic mass is 16.2. The molecular weight excluding hydrogens is 224 g/mol. The lowest BCUT2D eigenvalue weighted by Gasteiger charge is -2.22. The van der Waals surface area contributed by atoms with Crippen LogP contribution in [-0.4, -0.2) is 26.0 Å². The Morgan fingerprint density at radius 2 is 2.17 bits per heavy atom. The largest absolute Gasteiger partial charge is 0.319 e. The first kappa shape index (κ1) is 11.7. The molecule has 0 saturated heterocycles. The quantitative estimate of drug-likeness (QED) is 0.881. The van der Waals surface area contributed by atoms with Gasteiger partial charge in [0.2, 0.25) is 5.91 Å². The molecule has 0 bridgehead atoms. The Morgan fingerprint density at radius 1 is 1.44 bits per heavy atom. The molecule has 1 N–H and O–H groups in total. The summed E-state index contributed by atoms with van der Waals surface area (Å²) in [4.78, 5) is 14.5. The van der Waals surface area contributed by atoms with Gasteiger partial charge in [0.25, 0.3) is 0 Å². The molecule has 1 unspecified atom stereocenters. The zero-order valence-electron chi connectivity index (χ0n) is 11.1. The van der Waals surface area contributed by atoms with Crippen LogP contribution in [0.3, 0.4) is 0 Å². The molecule has 18 heavy (non-hydrogen) atoms. The highest BCUT2D eigenvalue weighted by molar-refractivity contribution is 5.98. The number of anilines is 1. The van der Waals surface area contributed by atoms with E-state index >= 15 is 0 Å². The van der Waals surface area contributed by atoms with E-state index < -0.39 is 0 Å². The van der Waals surface area contributed by atoms with Gasteiger partial charge in [-0.2, -0.15) is 0 Å². The number of carbonyl (C=O) groups excluding carboxylic acids is 1. The summed E-state index contributed by atoms with van der Waals surface area (Å²) < 4.78 is 0. The number of para-hydroxylation sites is 1. The lowest BCUT2D eigenvalue weighted by atomic mass is 9.99. The van der Waals surface area contributed by atoms with Gasteiger partial charge in [-0.05, 0) is 31.5 Å². The summed E-state index contributed by atoms with van der Waals surface area (Å²) in [5.41, 5.74) is 2.82. The zero-order valence-corrected chi connectivity index (χ0v) is 11.1. The van der Waals surface area contributed by atoms with Gasteiger partial charge in [0, 0.05) is 30.1 Å². The van der Waals surface area contributed by atoms with Crippen molar-refractivity contribution in [2.24, 2.45) is 5.92 Å². The van der Waals surface area contributed by atoms with Crippen LogP contribution in [0.25, 0.3) is 0 Å². The Labute approximate surface area is 108 Å². The molecule has 1 heterocycles. The normalized spacial score (nSPS) is 20.9. The Bertz CT molecular complexity index is 479. The van der Waals surface area contributed by atoms with Gasteiger partial charge in [-0.25, -0.2) is 0 Å². The second-order valence-electron chi connectivity index (χ2n) is 5.68. The molecule has 1 amide bonds. The average Bonchev–Trinajstić information content (AvgIpc) is 3.08. The minimum Gasteiger partial charge on any atom is -0.319 e. The second-order valence-corrected chi connectivity index (χ2v) is 5.68. The first-order valence-electron chi connectivity index (χ1n) is 6.73. The summed E-state index contributed by atoms with van der Waals surface area (Å²) in [5, 5.41) is 3.08. The van der Waals surface area contributed by atoms with E-state index in [-0.39, 0.29) is 11.8 Å². The predicted molar refractivity (Wildman–Crippen MR) is 72.8 cm³/mol. The molecule has 0 aromatic heterocycles. The lowest BCUT2D eigenvalue weighted by molar-refractivity contribution is -0.121. The number of hydrogen-bond acceptors (Lipinski definition) is 2. The van der Waals surface area contributed by atoms with E-state index in [4.69, 9.17) is 0 Å². The molecule has 96 valence electrons. The van der Waals surface area contributed by atoms with Crippen molar-refractivity contribution in [2.75, 3.05) is 25.0 Å². The summed E-state index contributed by atoms with van der Waals surface area (Å²) in [6, 6.07) is 8.40. The molecule has 0 radical (unpaired) electrons. The molecule has 2 aliphatic rings. The van der Waals surface area contributed by atoms with Gasteiger partial charge in [0.15, 0.2) is 0 Å². The van der Waals surface area contributed by atoms with Crippen LogP contribution in [-0.2, 0) is 10.2 Å². The van der Waals surface area contributed by atoms with Crippen molar-refractivity contribution in [3.8, 4) is 0 Å². The van der Waals surface area contributed by atoms with Crippen molar-refractivity contribution < 1.29 is 4.79 Å². The number of rotatable bonds is 3. The highest BCUT2D eigenvalue weighted by Gasteiger charge is 2.52. The van der Waals surface area contributed by atoms with E-state index in [0.717, 1.165) is 18.8 Å². The fraction of sp³-hybridized carbons (Fsp3) is 0.533. The third-order valence-electron chi connectivity index (χ3n) is 4.28. The maximum atomic E-state index is 12.5. The number of fused-ring (bicyclic) bond motifs is 2. The molecule has 1 spiro atoms. The molecule has 1 atom stereocenters. The van der Waals surface area contributed by atoms with Gasteiger partial charge in [-0.15, -0.1) is 0 Å². The van der Waals surface area contributed by atoms with Crippen LogP contribution in [0.1, 0.15) is 25.3 Å². The monoisotopic (exact) mass is 244 g/mol. The molecule has 1 aliphatic carbocycles. The van der Waals surface area contributed by atoms with Gasteiger partial charge < -0.3 is 10.2 Å². The van der Waals surface area contributed by atoms with Crippen molar-refractivity contribution in [3.05, 3.63) is 29.8 Å². The Morgan fingerprint density at radius 3 is 2.83 bits per heavy atom. The van der Waals surface area contributed by atoms with Crippen LogP contribution >= 0.6 is 0 Å². The molecule has 3 rings (SSSR count). The van der Waals surface area contributed by atoms with E-state index in [9.17, 15) is 4.79 Å². The topological polar surface area (TPSA) is 32.3 Å². The summed E-state index contributed by atoms with van der Waals surface area (Å²) in [5.74, 6) is 0.289. The fourth-order valence-corrected chi connectivity index (χ4v) is 3.06. The van der Waals surface area contributed by atoms with Crippen LogP contribution in [0, 0.1) is 5.92 Å². The van der Waals surface area contributed by atoms with Crippen LogP contribution < -0.4 is 10.2 Å². The van der Waals surface area contributed by atoms with Gasteiger partial charge in [-0.3, -0.25) is 4.79 Å². The van der Waals surface area contributed by atoms with Gasteiger partial charge in [-0.1, -0.05) is 25.1 Å². The molecule has 1 aliphatic heterocycles. The smallest absolute Gasteiger partial charge is 0.231 e.